The summed E-state index contributed by atoms with van der Waals surface area (Å²) in [6, 6.07) is 3.82. The van der Waals surface area contributed by atoms with E-state index in [0.29, 0.717) is 17.5 Å². The maximum Gasteiger partial charge on any atom is 0.262 e. The average molecular weight is 380 g/mol. The molecule has 0 saturated heterocycles. The zero-order chi connectivity index (χ0) is 18.9. The summed E-state index contributed by atoms with van der Waals surface area (Å²) in [6.07, 6.45) is 7.58. The van der Waals surface area contributed by atoms with Crippen molar-refractivity contribution in [1.82, 2.24) is 15.5 Å². The first-order valence-electron chi connectivity index (χ1n) is 9.81. The van der Waals surface area contributed by atoms with Gasteiger partial charge in [-0.2, -0.15) is 0 Å². The molecule has 26 heavy (non-hydrogen) atoms. The molecule has 1 aromatic rings. The molecule has 0 radical (unpaired) electrons. The second-order valence-corrected chi connectivity index (χ2v) is 8.54. The third-order valence-corrected chi connectivity index (χ3v) is 6.03. The fourth-order valence-corrected chi connectivity index (χ4v) is 4.14. The Kier molecular flexibility index (Phi) is 8.59. The Balaban J connectivity index is 1.72. The number of carbonyl (C=O) groups is 2. The predicted octanol–water partition coefficient (Wildman–Crippen LogP) is 3.27. The van der Waals surface area contributed by atoms with Gasteiger partial charge >= 0.3 is 0 Å². The second kappa shape index (κ2) is 10.7. The van der Waals surface area contributed by atoms with Gasteiger partial charge in [-0.1, -0.05) is 39.2 Å². The quantitative estimate of drug-likeness (QED) is 0.647. The Morgan fingerprint density at radius 3 is 2.62 bits per heavy atom. The van der Waals surface area contributed by atoms with Crippen molar-refractivity contribution in [3.8, 4) is 0 Å². The highest BCUT2D eigenvalue weighted by Gasteiger charge is 2.25. The minimum absolute atomic E-state index is 0.0452. The molecule has 2 amide bonds. The largest absolute Gasteiger partial charge is 0.354 e. The first-order chi connectivity index (χ1) is 12.5. The lowest BCUT2D eigenvalue weighted by atomic mass is 9.94. The van der Waals surface area contributed by atoms with Gasteiger partial charge in [0.15, 0.2) is 0 Å². The lowest BCUT2D eigenvalue weighted by Crippen LogP contribution is -2.50. The van der Waals surface area contributed by atoms with E-state index in [1.165, 1.54) is 43.4 Å². The minimum Gasteiger partial charge on any atom is -0.354 e. The third-order valence-electron chi connectivity index (χ3n) is 5.17. The highest BCUT2D eigenvalue weighted by molar-refractivity contribution is 7.12. The van der Waals surface area contributed by atoms with E-state index in [-0.39, 0.29) is 17.7 Å². The number of nitrogens with zero attached hydrogens (tertiary/aromatic N) is 1. The normalized spacial score (nSPS) is 16.7. The van der Waals surface area contributed by atoms with Crippen molar-refractivity contribution in [3.63, 3.8) is 0 Å². The van der Waals surface area contributed by atoms with E-state index in [9.17, 15) is 9.59 Å². The van der Waals surface area contributed by atoms with Gasteiger partial charge in [-0.15, -0.1) is 11.3 Å². The summed E-state index contributed by atoms with van der Waals surface area (Å²) in [5.74, 6) is -0.222. The molecule has 1 heterocycles. The molecule has 1 aliphatic carbocycles. The second-order valence-electron chi connectivity index (χ2n) is 7.59. The molecule has 2 rings (SSSR count). The van der Waals surface area contributed by atoms with Gasteiger partial charge in [0.2, 0.25) is 5.91 Å². The molecule has 0 aliphatic heterocycles. The Hall–Kier alpha value is -1.40. The SMILES string of the molecule is CC(C)C(NC(=O)c1cccs1)C(=O)NCCCN(C)C1CCCCC1. The highest BCUT2D eigenvalue weighted by atomic mass is 32.1. The predicted molar refractivity (Wildman–Crippen MR) is 108 cm³/mol. The van der Waals surface area contributed by atoms with Gasteiger partial charge in [0.05, 0.1) is 4.88 Å². The van der Waals surface area contributed by atoms with E-state index in [1.807, 2.05) is 25.3 Å². The van der Waals surface area contributed by atoms with Gasteiger partial charge in [0.25, 0.3) is 5.91 Å². The van der Waals surface area contributed by atoms with Crippen LogP contribution in [0.1, 0.15) is 62.0 Å². The molecule has 0 aromatic carbocycles. The molecule has 146 valence electrons. The minimum atomic E-state index is -0.499. The first kappa shape index (κ1) is 20.9. The van der Waals surface area contributed by atoms with Crippen molar-refractivity contribution in [1.29, 1.82) is 0 Å². The number of hydrogen-bond acceptors (Lipinski definition) is 4. The molecule has 0 bridgehead atoms. The standard InChI is InChI=1S/C20H33N3O2S/c1-15(2)18(22-19(24)17-11-7-14-26-17)20(25)21-12-8-13-23(3)16-9-5-4-6-10-16/h7,11,14-16,18H,4-6,8-10,12-13H2,1-3H3,(H,21,25)(H,22,24). The molecule has 0 spiro atoms. The number of rotatable bonds is 9. The summed E-state index contributed by atoms with van der Waals surface area (Å²) in [6.45, 7) is 5.55. The van der Waals surface area contributed by atoms with Crippen LogP contribution >= 0.6 is 11.3 Å². The molecule has 1 aliphatic rings. The van der Waals surface area contributed by atoms with Crippen molar-refractivity contribution in [2.75, 3.05) is 20.1 Å². The zero-order valence-electron chi connectivity index (χ0n) is 16.3. The molecule has 2 N–H and O–H groups in total. The topological polar surface area (TPSA) is 61.4 Å². The number of hydrogen-bond donors (Lipinski definition) is 2. The Morgan fingerprint density at radius 1 is 1.27 bits per heavy atom. The van der Waals surface area contributed by atoms with Crippen LogP contribution < -0.4 is 10.6 Å². The fraction of sp³-hybridized carbons (Fsp3) is 0.700. The lowest BCUT2D eigenvalue weighted by Gasteiger charge is -2.31. The van der Waals surface area contributed by atoms with Crippen molar-refractivity contribution in [2.45, 2.75) is 64.5 Å². The van der Waals surface area contributed by atoms with Gasteiger partial charge in [-0.25, -0.2) is 0 Å². The van der Waals surface area contributed by atoms with E-state index in [1.54, 1.807) is 6.07 Å². The number of amides is 2. The maximum absolute atomic E-state index is 12.5. The van der Waals surface area contributed by atoms with Gasteiger partial charge in [0.1, 0.15) is 6.04 Å². The Labute approximate surface area is 161 Å². The van der Waals surface area contributed by atoms with E-state index < -0.39 is 6.04 Å². The smallest absolute Gasteiger partial charge is 0.262 e. The van der Waals surface area contributed by atoms with Crippen molar-refractivity contribution in [3.05, 3.63) is 22.4 Å². The first-order valence-corrected chi connectivity index (χ1v) is 10.7. The monoisotopic (exact) mass is 379 g/mol. The summed E-state index contributed by atoms with van der Waals surface area (Å²) in [4.78, 5) is 27.8. The summed E-state index contributed by atoms with van der Waals surface area (Å²) in [5, 5.41) is 7.73. The van der Waals surface area contributed by atoms with E-state index in [4.69, 9.17) is 0 Å². The highest BCUT2D eigenvalue weighted by Crippen LogP contribution is 2.21. The van der Waals surface area contributed by atoms with Crippen LogP contribution in [0.15, 0.2) is 17.5 Å². The van der Waals surface area contributed by atoms with Crippen LogP contribution in [0.5, 0.6) is 0 Å². The maximum atomic E-state index is 12.5. The van der Waals surface area contributed by atoms with Crippen LogP contribution in [0, 0.1) is 5.92 Å². The molecule has 1 fully saturated rings. The van der Waals surface area contributed by atoms with Crippen LogP contribution in [0.2, 0.25) is 0 Å². The van der Waals surface area contributed by atoms with Crippen LogP contribution in [-0.4, -0.2) is 48.9 Å². The summed E-state index contributed by atoms with van der Waals surface area (Å²) in [7, 11) is 2.19. The van der Waals surface area contributed by atoms with Crippen LogP contribution in [0.25, 0.3) is 0 Å². The molecular formula is C20H33N3O2S. The van der Waals surface area contributed by atoms with Crippen molar-refractivity contribution in [2.24, 2.45) is 5.92 Å². The van der Waals surface area contributed by atoms with Crippen LogP contribution in [0.4, 0.5) is 0 Å². The Bertz CT molecular complexity index is 553. The average Bonchev–Trinajstić information content (AvgIpc) is 3.18. The molecular weight excluding hydrogens is 346 g/mol. The Morgan fingerprint density at radius 2 is 2.00 bits per heavy atom. The molecule has 1 aromatic heterocycles. The summed E-state index contributed by atoms with van der Waals surface area (Å²) < 4.78 is 0. The van der Waals surface area contributed by atoms with Crippen LogP contribution in [0.3, 0.4) is 0 Å². The molecule has 1 unspecified atom stereocenters. The third kappa shape index (κ3) is 6.40. The van der Waals surface area contributed by atoms with Crippen molar-refractivity contribution >= 4 is 23.2 Å². The zero-order valence-corrected chi connectivity index (χ0v) is 17.1. The van der Waals surface area contributed by atoms with Gasteiger partial charge in [-0.05, 0) is 50.2 Å². The van der Waals surface area contributed by atoms with Crippen LogP contribution in [-0.2, 0) is 4.79 Å². The molecule has 6 heteroatoms. The van der Waals surface area contributed by atoms with Gasteiger partial charge < -0.3 is 15.5 Å². The summed E-state index contributed by atoms with van der Waals surface area (Å²) >= 11 is 1.39. The number of thiophene rings is 1. The van der Waals surface area contributed by atoms with E-state index in [0.717, 1.165) is 13.0 Å². The van der Waals surface area contributed by atoms with Gasteiger partial charge in [0, 0.05) is 12.6 Å². The van der Waals surface area contributed by atoms with Gasteiger partial charge in [-0.3, -0.25) is 9.59 Å². The fourth-order valence-electron chi connectivity index (χ4n) is 3.51. The molecule has 5 nitrogen and oxygen atoms in total. The number of nitrogens with one attached hydrogen (secondary N) is 2. The van der Waals surface area contributed by atoms with E-state index in [2.05, 4.69) is 22.6 Å². The number of carbonyl (C=O) groups excluding carboxylic acids is 2. The lowest BCUT2D eigenvalue weighted by molar-refractivity contribution is -0.123. The summed E-state index contributed by atoms with van der Waals surface area (Å²) in [5.41, 5.74) is 0. The van der Waals surface area contributed by atoms with E-state index >= 15 is 0 Å². The molecule has 1 saturated carbocycles. The molecule has 1 atom stereocenters. The van der Waals surface area contributed by atoms with Crippen molar-refractivity contribution < 1.29 is 9.59 Å².